The number of phenolic OH excluding ortho intramolecular Hbond substituents is 1. The molecule has 0 radical (unpaired) electrons. The van der Waals surface area contributed by atoms with Crippen molar-refractivity contribution in [2.45, 2.75) is 24.9 Å². The van der Waals surface area contributed by atoms with Crippen molar-refractivity contribution >= 4 is 23.8 Å². The fourth-order valence-corrected chi connectivity index (χ4v) is 3.00. The van der Waals surface area contributed by atoms with Crippen molar-refractivity contribution in [1.82, 2.24) is 24.5 Å². The third-order valence-electron chi connectivity index (χ3n) is 3.34. The van der Waals surface area contributed by atoms with Crippen LogP contribution in [0.5, 0.6) is 11.5 Å². The Morgan fingerprint density at radius 1 is 1.38 bits per heavy atom. The minimum absolute atomic E-state index is 0.0888. The quantitative estimate of drug-likeness (QED) is 0.401. The molecule has 24 heavy (non-hydrogen) atoms. The first-order chi connectivity index (χ1) is 11.7. The molecule has 0 atom stereocenters. The van der Waals surface area contributed by atoms with E-state index >= 15 is 0 Å². The van der Waals surface area contributed by atoms with Gasteiger partial charge in [-0.1, -0.05) is 25.1 Å². The standard InChI is InChI=1S/C15H18N6O2S/c1-3-4-7-24-15-19-18-14-20(10-17-21(14)15)16-9-11-5-6-12(22)13(8-11)23-2/h5-6,8-10,22H,3-4,7H2,1-2H3. The minimum Gasteiger partial charge on any atom is -0.504 e. The van der Waals surface area contributed by atoms with Crippen LogP contribution >= 0.6 is 11.8 Å². The van der Waals surface area contributed by atoms with Gasteiger partial charge in [0.2, 0.25) is 5.16 Å². The van der Waals surface area contributed by atoms with E-state index in [4.69, 9.17) is 4.74 Å². The lowest BCUT2D eigenvalue weighted by atomic mass is 10.2. The van der Waals surface area contributed by atoms with E-state index in [2.05, 4.69) is 27.3 Å². The third-order valence-corrected chi connectivity index (χ3v) is 4.35. The number of rotatable bonds is 7. The molecule has 0 spiro atoms. The summed E-state index contributed by atoms with van der Waals surface area (Å²) in [6.45, 7) is 2.15. The van der Waals surface area contributed by atoms with Gasteiger partial charge in [-0.2, -0.15) is 19.4 Å². The van der Waals surface area contributed by atoms with Crippen LogP contribution in [0.3, 0.4) is 0 Å². The highest BCUT2D eigenvalue weighted by atomic mass is 32.2. The van der Waals surface area contributed by atoms with Crippen LogP contribution in [0.25, 0.3) is 5.78 Å². The van der Waals surface area contributed by atoms with E-state index in [-0.39, 0.29) is 5.75 Å². The number of thioether (sulfide) groups is 1. The fourth-order valence-electron chi connectivity index (χ4n) is 2.04. The number of fused-ring (bicyclic) bond motifs is 1. The summed E-state index contributed by atoms with van der Waals surface area (Å²) in [5.41, 5.74) is 0.786. The maximum Gasteiger partial charge on any atom is 0.275 e. The highest BCUT2D eigenvalue weighted by Gasteiger charge is 2.11. The minimum atomic E-state index is 0.0888. The van der Waals surface area contributed by atoms with Crippen molar-refractivity contribution < 1.29 is 9.84 Å². The van der Waals surface area contributed by atoms with Gasteiger partial charge in [-0.05, 0) is 30.2 Å². The smallest absolute Gasteiger partial charge is 0.275 e. The van der Waals surface area contributed by atoms with E-state index in [9.17, 15) is 5.11 Å². The number of unbranched alkanes of at least 4 members (excludes halogenated alkanes) is 1. The highest BCUT2D eigenvalue weighted by Crippen LogP contribution is 2.25. The highest BCUT2D eigenvalue weighted by molar-refractivity contribution is 7.99. The van der Waals surface area contributed by atoms with Gasteiger partial charge in [-0.15, -0.1) is 10.2 Å². The number of hydrogen-bond donors (Lipinski definition) is 1. The van der Waals surface area contributed by atoms with Crippen LogP contribution in [0.4, 0.5) is 0 Å². The molecule has 8 nitrogen and oxygen atoms in total. The molecule has 2 heterocycles. The zero-order valence-electron chi connectivity index (χ0n) is 13.5. The summed E-state index contributed by atoms with van der Waals surface area (Å²) in [7, 11) is 1.50. The average Bonchev–Trinajstić information content (AvgIpc) is 3.17. The molecule has 0 aliphatic rings. The molecule has 0 amide bonds. The maximum absolute atomic E-state index is 9.61. The van der Waals surface area contributed by atoms with Gasteiger partial charge in [0.1, 0.15) is 6.33 Å². The van der Waals surface area contributed by atoms with Crippen LogP contribution in [-0.2, 0) is 0 Å². The van der Waals surface area contributed by atoms with Gasteiger partial charge >= 0.3 is 0 Å². The number of hydrogen-bond acceptors (Lipinski definition) is 7. The van der Waals surface area contributed by atoms with E-state index in [1.54, 1.807) is 51.7 Å². The second-order valence-electron chi connectivity index (χ2n) is 5.05. The topological polar surface area (TPSA) is 89.8 Å². The van der Waals surface area contributed by atoms with Crippen LogP contribution in [-0.4, -0.2) is 48.7 Å². The van der Waals surface area contributed by atoms with Crippen LogP contribution in [0, 0.1) is 0 Å². The molecule has 0 bridgehead atoms. The van der Waals surface area contributed by atoms with E-state index in [0.717, 1.165) is 29.3 Å². The molecule has 0 fully saturated rings. The van der Waals surface area contributed by atoms with Crippen LogP contribution in [0.15, 0.2) is 34.8 Å². The molecule has 126 valence electrons. The van der Waals surface area contributed by atoms with Gasteiger partial charge in [0.25, 0.3) is 5.78 Å². The maximum atomic E-state index is 9.61. The molecule has 0 aliphatic heterocycles. The number of nitrogens with zero attached hydrogens (tertiary/aromatic N) is 6. The average molecular weight is 346 g/mol. The van der Waals surface area contributed by atoms with Crippen molar-refractivity contribution in [2.24, 2.45) is 5.10 Å². The predicted octanol–water partition coefficient (Wildman–Crippen LogP) is 2.41. The molecule has 0 saturated carbocycles. The van der Waals surface area contributed by atoms with Gasteiger partial charge < -0.3 is 9.84 Å². The lowest BCUT2D eigenvalue weighted by molar-refractivity contribution is 0.373. The molecule has 1 N–H and O–H groups in total. The monoisotopic (exact) mass is 346 g/mol. The molecule has 0 unspecified atom stereocenters. The predicted molar refractivity (Wildman–Crippen MR) is 92.1 cm³/mol. The van der Waals surface area contributed by atoms with Crippen LogP contribution < -0.4 is 4.74 Å². The Bertz CT molecular complexity index is 857. The lowest BCUT2D eigenvalue weighted by Crippen LogP contribution is -1.92. The first-order valence-electron chi connectivity index (χ1n) is 7.56. The number of aromatic nitrogens is 5. The normalized spacial score (nSPS) is 11.6. The largest absolute Gasteiger partial charge is 0.504 e. The Morgan fingerprint density at radius 2 is 2.25 bits per heavy atom. The first kappa shape index (κ1) is 16.3. The summed E-state index contributed by atoms with van der Waals surface area (Å²) in [5, 5.41) is 27.3. The zero-order chi connectivity index (χ0) is 16.9. The summed E-state index contributed by atoms with van der Waals surface area (Å²) in [6, 6.07) is 5.00. The van der Waals surface area contributed by atoms with Crippen LogP contribution in [0.1, 0.15) is 25.3 Å². The number of aromatic hydroxyl groups is 1. The van der Waals surface area contributed by atoms with Crippen molar-refractivity contribution in [3.05, 3.63) is 30.1 Å². The molecule has 2 aromatic heterocycles. The molecule has 3 aromatic rings. The summed E-state index contributed by atoms with van der Waals surface area (Å²) in [6.07, 6.45) is 5.50. The Kier molecular flexibility index (Phi) is 4.99. The summed E-state index contributed by atoms with van der Waals surface area (Å²) >= 11 is 1.63. The van der Waals surface area contributed by atoms with E-state index in [1.807, 2.05) is 0 Å². The molecular weight excluding hydrogens is 328 g/mol. The van der Waals surface area contributed by atoms with Gasteiger partial charge in [0.15, 0.2) is 11.5 Å². The summed E-state index contributed by atoms with van der Waals surface area (Å²) < 4.78 is 8.31. The SMILES string of the molecule is CCCCSc1nnc2n(N=Cc3ccc(O)c(OC)c3)cnn12. The summed E-state index contributed by atoms with van der Waals surface area (Å²) in [5.74, 6) is 2.02. The molecule has 9 heteroatoms. The summed E-state index contributed by atoms with van der Waals surface area (Å²) in [4.78, 5) is 0. The van der Waals surface area contributed by atoms with Gasteiger partial charge in [0.05, 0.1) is 13.3 Å². The molecule has 3 rings (SSSR count). The molecule has 1 aromatic carbocycles. The number of benzene rings is 1. The van der Waals surface area contributed by atoms with E-state index in [1.165, 1.54) is 7.11 Å². The molecule has 0 aliphatic carbocycles. The van der Waals surface area contributed by atoms with E-state index in [0.29, 0.717) is 11.5 Å². The second-order valence-corrected chi connectivity index (χ2v) is 6.11. The molecule has 0 saturated heterocycles. The van der Waals surface area contributed by atoms with Crippen molar-refractivity contribution in [2.75, 3.05) is 12.9 Å². The van der Waals surface area contributed by atoms with Gasteiger partial charge in [0, 0.05) is 5.75 Å². The Labute approximate surface area is 143 Å². The zero-order valence-corrected chi connectivity index (χ0v) is 14.3. The Hall–Kier alpha value is -2.55. The van der Waals surface area contributed by atoms with Crippen LogP contribution in [0.2, 0.25) is 0 Å². The number of ether oxygens (including phenoxy) is 1. The number of methoxy groups -OCH3 is 1. The third kappa shape index (κ3) is 3.35. The lowest BCUT2D eigenvalue weighted by Gasteiger charge is -2.03. The van der Waals surface area contributed by atoms with Gasteiger partial charge in [-0.25, -0.2) is 0 Å². The first-order valence-corrected chi connectivity index (χ1v) is 8.54. The van der Waals surface area contributed by atoms with Gasteiger partial charge in [-0.3, -0.25) is 0 Å². The van der Waals surface area contributed by atoms with E-state index < -0.39 is 0 Å². The molecular formula is C15H18N6O2S. The second kappa shape index (κ2) is 7.35. The Morgan fingerprint density at radius 3 is 3.04 bits per heavy atom. The van der Waals surface area contributed by atoms with Crippen molar-refractivity contribution in [3.8, 4) is 11.5 Å². The number of phenols is 1. The van der Waals surface area contributed by atoms with Crippen molar-refractivity contribution in [3.63, 3.8) is 0 Å². The Balaban J connectivity index is 1.80. The van der Waals surface area contributed by atoms with Crippen molar-refractivity contribution in [1.29, 1.82) is 0 Å². The fraction of sp³-hybridized carbons (Fsp3) is 0.333.